The summed E-state index contributed by atoms with van der Waals surface area (Å²) in [4.78, 5) is 40.4. The van der Waals surface area contributed by atoms with Gasteiger partial charge < -0.3 is 0 Å². The third-order valence-electron chi connectivity index (χ3n) is 5.89. The van der Waals surface area contributed by atoms with E-state index in [2.05, 4.69) is 19.9 Å². The summed E-state index contributed by atoms with van der Waals surface area (Å²) in [6, 6.07) is 11.0. The second-order valence-corrected chi connectivity index (χ2v) is 8.11. The Bertz CT molecular complexity index is 1550. The summed E-state index contributed by atoms with van der Waals surface area (Å²) < 4.78 is 30.3. The van der Waals surface area contributed by atoms with Gasteiger partial charge in [-0.05, 0) is 23.8 Å². The van der Waals surface area contributed by atoms with Gasteiger partial charge in [-0.25, -0.2) is 18.7 Å². The number of nitro groups is 1. The van der Waals surface area contributed by atoms with Gasteiger partial charge in [0, 0.05) is 60.5 Å². The number of rotatable bonds is 7. The van der Waals surface area contributed by atoms with E-state index in [-0.39, 0.29) is 35.2 Å². The summed E-state index contributed by atoms with van der Waals surface area (Å²) in [5.41, 5.74) is 2.41. The molecule has 36 heavy (non-hydrogen) atoms. The third-order valence-corrected chi connectivity index (χ3v) is 5.89. The third kappa shape index (κ3) is 4.36. The number of carbonyl (C=O) groups is 1. The predicted octanol–water partition coefficient (Wildman–Crippen LogP) is 5.00. The first kappa shape index (κ1) is 23.0. The quantitative estimate of drug-likeness (QED) is 0.207. The van der Waals surface area contributed by atoms with Crippen LogP contribution >= 0.6 is 0 Å². The highest BCUT2D eigenvalue weighted by Gasteiger charge is 2.22. The standard InChI is InChI=1S/C26H17F2N5O3/c27-20-7-6-16(12-23(34)15-3-1-4-17(11-15)33(35)36)24(28)19(20)13-22-18(5-2-9-29-22)25-26-21(8-10-30-26)31-14-32-25/h1-7,9-11,14H,8,12-13H2. The molecule has 5 rings (SSSR count). The van der Waals surface area contributed by atoms with Gasteiger partial charge in [-0.15, -0.1) is 0 Å². The molecule has 10 heteroatoms. The molecule has 0 unspecified atom stereocenters. The predicted molar refractivity (Wildman–Crippen MR) is 127 cm³/mol. The highest BCUT2D eigenvalue weighted by molar-refractivity contribution is 5.98. The van der Waals surface area contributed by atoms with Gasteiger partial charge >= 0.3 is 0 Å². The highest BCUT2D eigenvalue weighted by atomic mass is 19.1. The maximum absolute atomic E-state index is 15.5. The van der Waals surface area contributed by atoms with E-state index in [1.807, 2.05) is 0 Å². The Balaban J connectivity index is 1.47. The van der Waals surface area contributed by atoms with Gasteiger partial charge in [0.15, 0.2) is 5.78 Å². The summed E-state index contributed by atoms with van der Waals surface area (Å²) >= 11 is 0. The topological polar surface area (TPSA) is 111 Å². The first-order valence-electron chi connectivity index (χ1n) is 11.0. The number of halogens is 2. The molecule has 178 valence electrons. The van der Waals surface area contributed by atoms with E-state index in [4.69, 9.17) is 0 Å². The zero-order valence-electron chi connectivity index (χ0n) is 18.7. The summed E-state index contributed by atoms with van der Waals surface area (Å²) in [5.74, 6) is -2.17. The molecular formula is C26H17F2N5O3. The van der Waals surface area contributed by atoms with E-state index >= 15 is 4.39 Å². The molecule has 0 spiro atoms. The Kier molecular flexibility index (Phi) is 6.07. The van der Waals surface area contributed by atoms with Crippen LogP contribution in [0, 0.1) is 21.7 Å². The summed E-state index contributed by atoms with van der Waals surface area (Å²) in [5, 5.41) is 11.0. The lowest BCUT2D eigenvalue weighted by molar-refractivity contribution is -0.384. The number of aromatic nitrogens is 3. The molecule has 0 saturated carbocycles. The average molecular weight is 485 g/mol. The number of hydrogen-bond acceptors (Lipinski definition) is 7. The minimum Gasteiger partial charge on any atom is -0.294 e. The molecule has 8 nitrogen and oxygen atoms in total. The molecule has 0 bridgehead atoms. The number of carbonyl (C=O) groups excluding carboxylic acids is 1. The first-order chi connectivity index (χ1) is 17.4. The Morgan fingerprint density at radius 2 is 1.92 bits per heavy atom. The molecule has 2 aromatic carbocycles. The maximum Gasteiger partial charge on any atom is 0.270 e. The minimum absolute atomic E-state index is 0.0204. The summed E-state index contributed by atoms with van der Waals surface area (Å²) in [6.07, 6.45) is 4.67. The molecule has 1 aliphatic rings. The van der Waals surface area contributed by atoms with Crippen molar-refractivity contribution in [2.75, 3.05) is 0 Å². The molecule has 0 atom stereocenters. The lowest BCUT2D eigenvalue weighted by atomic mass is 9.96. The fourth-order valence-corrected chi connectivity index (χ4v) is 4.10. The molecule has 0 radical (unpaired) electrons. The number of aliphatic imine (C=N–C) groups is 1. The number of hydrogen-bond donors (Lipinski definition) is 0. The van der Waals surface area contributed by atoms with Gasteiger partial charge in [-0.3, -0.25) is 24.9 Å². The minimum atomic E-state index is -0.865. The lowest BCUT2D eigenvalue weighted by Gasteiger charge is -2.13. The summed E-state index contributed by atoms with van der Waals surface area (Å²) in [7, 11) is 0. The van der Waals surface area contributed by atoms with Crippen LogP contribution in [0.1, 0.15) is 32.9 Å². The first-order valence-corrected chi connectivity index (χ1v) is 11.0. The van der Waals surface area contributed by atoms with Crippen LogP contribution in [0.4, 0.5) is 20.2 Å². The molecule has 2 aromatic heterocycles. The molecular weight excluding hydrogens is 468 g/mol. The number of nitro benzene ring substituents is 1. The Hall–Kier alpha value is -4.73. The molecule has 0 amide bonds. The SMILES string of the molecule is O=C(Cc1ccc(F)c(Cc2ncccc2-c2ncnc3c2N=CC3)c1F)c1cccc([N+](=O)[O-])c1. The fraction of sp³-hybridized carbons (Fsp3) is 0.115. The Labute approximate surface area is 203 Å². The van der Waals surface area contributed by atoms with Gasteiger partial charge in [0.1, 0.15) is 29.3 Å². The molecule has 0 fully saturated rings. The van der Waals surface area contributed by atoms with Crippen molar-refractivity contribution in [1.29, 1.82) is 0 Å². The molecule has 0 N–H and O–H groups in total. The second kappa shape index (κ2) is 9.49. The van der Waals surface area contributed by atoms with Crippen molar-refractivity contribution in [3.8, 4) is 11.3 Å². The van der Waals surface area contributed by atoms with Crippen LogP contribution in [-0.4, -0.2) is 31.9 Å². The molecule has 3 heterocycles. The van der Waals surface area contributed by atoms with E-state index in [9.17, 15) is 19.3 Å². The molecule has 1 aliphatic heterocycles. The smallest absolute Gasteiger partial charge is 0.270 e. The van der Waals surface area contributed by atoms with Gasteiger partial charge in [-0.2, -0.15) is 0 Å². The van der Waals surface area contributed by atoms with E-state index in [0.29, 0.717) is 29.1 Å². The van der Waals surface area contributed by atoms with Gasteiger partial charge in [0.25, 0.3) is 5.69 Å². The maximum atomic E-state index is 15.5. The fourth-order valence-electron chi connectivity index (χ4n) is 4.10. The largest absolute Gasteiger partial charge is 0.294 e. The van der Waals surface area contributed by atoms with Crippen LogP contribution in [0.3, 0.4) is 0 Å². The van der Waals surface area contributed by atoms with Crippen molar-refractivity contribution in [3.63, 3.8) is 0 Å². The number of non-ortho nitro benzene ring substituents is 1. The number of Topliss-reactive ketones (excluding diaryl/α,β-unsaturated/α-hetero) is 1. The van der Waals surface area contributed by atoms with E-state index < -0.39 is 22.3 Å². The number of ketones is 1. The van der Waals surface area contributed by atoms with Gasteiger partial charge in [0.2, 0.25) is 0 Å². The van der Waals surface area contributed by atoms with Crippen molar-refractivity contribution < 1.29 is 18.5 Å². The van der Waals surface area contributed by atoms with Crippen LogP contribution in [0.2, 0.25) is 0 Å². The second-order valence-electron chi connectivity index (χ2n) is 8.11. The molecule has 4 aromatic rings. The number of pyridine rings is 1. The normalized spacial score (nSPS) is 11.9. The number of nitrogens with zero attached hydrogens (tertiary/aromatic N) is 5. The zero-order valence-corrected chi connectivity index (χ0v) is 18.7. The van der Waals surface area contributed by atoms with Gasteiger partial charge in [0.05, 0.1) is 16.3 Å². The Morgan fingerprint density at radius 3 is 2.75 bits per heavy atom. The average Bonchev–Trinajstić information content (AvgIpc) is 3.38. The molecule has 0 saturated heterocycles. The summed E-state index contributed by atoms with van der Waals surface area (Å²) in [6.45, 7) is 0. The van der Waals surface area contributed by atoms with Crippen molar-refractivity contribution in [3.05, 3.63) is 111 Å². The van der Waals surface area contributed by atoms with Crippen molar-refractivity contribution >= 4 is 23.4 Å². The monoisotopic (exact) mass is 485 g/mol. The van der Waals surface area contributed by atoms with E-state index in [1.54, 1.807) is 18.3 Å². The van der Waals surface area contributed by atoms with Crippen LogP contribution in [0.25, 0.3) is 11.3 Å². The van der Waals surface area contributed by atoms with Crippen molar-refractivity contribution in [2.45, 2.75) is 19.3 Å². The van der Waals surface area contributed by atoms with Crippen LogP contribution < -0.4 is 0 Å². The van der Waals surface area contributed by atoms with Gasteiger partial charge in [-0.1, -0.05) is 18.2 Å². The zero-order chi connectivity index (χ0) is 25.2. The highest BCUT2D eigenvalue weighted by Crippen LogP contribution is 2.35. The Morgan fingerprint density at radius 1 is 1.06 bits per heavy atom. The number of benzene rings is 2. The molecule has 0 aliphatic carbocycles. The van der Waals surface area contributed by atoms with Crippen LogP contribution in [0.15, 0.2) is 66.0 Å². The van der Waals surface area contributed by atoms with Crippen molar-refractivity contribution in [1.82, 2.24) is 15.0 Å². The van der Waals surface area contributed by atoms with E-state index in [0.717, 1.165) is 17.8 Å². The van der Waals surface area contributed by atoms with E-state index in [1.165, 1.54) is 36.8 Å². The number of fused-ring (bicyclic) bond motifs is 1. The van der Waals surface area contributed by atoms with Crippen LogP contribution in [0.5, 0.6) is 0 Å². The van der Waals surface area contributed by atoms with Crippen LogP contribution in [-0.2, 0) is 19.3 Å². The van der Waals surface area contributed by atoms with Crippen molar-refractivity contribution in [2.24, 2.45) is 4.99 Å². The lowest BCUT2D eigenvalue weighted by Crippen LogP contribution is -2.09.